The molecule has 112 valence electrons. The van der Waals surface area contributed by atoms with Crippen molar-refractivity contribution < 1.29 is 0 Å². The van der Waals surface area contributed by atoms with Crippen molar-refractivity contribution in [1.82, 2.24) is 4.90 Å². The van der Waals surface area contributed by atoms with Crippen LogP contribution in [-0.4, -0.2) is 30.1 Å². The Bertz CT molecular complexity index is 370. The molecule has 20 heavy (non-hydrogen) atoms. The smallest absolute Gasteiger partial charge is 0.0315 e. The highest BCUT2D eigenvalue weighted by molar-refractivity contribution is 5.07. The highest BCUT2D eigenvalue weighted by Gasteiger charge is 2.52. The molecule has 4 aliphatic carbocycles. The fraction of sp³-hybridized carbons (Fsp3) is 1.00. The van der Waals surface area contributed by atoms with Gasteiger partial charge in [-0.2, -0.15) is 0 Å². The fourth-order valence-corrected chi connectivity index (χ4v) is 7.25. The highest BCUT2D eigenvalue weighted by atomic mass is 15.2. The van der Waals surface area contributed by atoms with E-state index in [1.165, 1.54) is 38.9 Å². The van der Waals surface area contributed by atoms with Crippen molar-refractivity contribution in [3.63, 3.8) is 0 Å². The van der Waals surface area contributed by atoms with Gasteiger partial charge < -0.3 is 10.6 Å². The quantitative estimate of drug-likeness (QED) is 0.839. The lowest BCUT2D eigenvalue weighted by atomic mass is 9.49. The summed E-state index contributed by atoms with van der Waals surface area (Å²) in [7, 11) is 0. The Morgan fingerprint density at radius 1 is 0.900 bits per heavy atom. The largest absolute Gasteiger partial charge is 0.324 e. The average Bonchev–Trinajstić information content (AvgIpc) is 2.43. The van der Waals surface area contributed by atoms with Crippen LogP contribution in [0.4, 0.5) is 0 Å². The molecule has 2 nitrogen and oxygen atoms in total. The Kier molecular flexibility index (Phi) is 2.63. The number of nitrogens with two attached hydrogens (primary N) is 1. The van der Waals surface area contributed by atoms with Crippen LogP contribution in [0.25, 0.3) is 0 Å². The molecule has 7 aliphatic rings. The number of hydrogen-bond donors (Lipinski definition) is 1. The van der Waals surface area contributed by atoms with E-state index in [-0.39, 0.29) is 5.54 Å². The van der Waals surface area contributed by atoms with Crippen LogP contribution in [0.3, 0.4) is 0 Å². The van der Waals surface area contributed by atoms with Gasteiger partial charge in [0.2, 0.25) is 0 Å². The summed E-state index contributed by atoms with van der Waals surface area (Å²) in [6, 6.07) is 0. The van der Waals surface area contributed by atoms with E-state index in [1.54, 1.807) is 32.1 Å². The van der Waals surface area contributed by atoms with Crippen LogP contribution >= 0.6 is 0 Å². The second kappa shape index (κ2) is 4.23. The molecule has 0 spiro atoms. The molecule has 1 atom stereocenters. The molecule has 0 aromatic carbocycles. The lowest BCUT2D eigenvalue weighted by Gasteiger charge is -2.59. The van der Waals surface area contributed by atoms with Crippen LogP contribution in [0.2, 0.25) is 0 Å². The van der Waals surface area contributed by atoms with Gasteiger partial charge >= 0.3 is 0 Å². The van der Waals surface area contributed by atoms with E-state index in [0.29, 0.717) is 0 Å². The van der Waals surface area contributed by atoms with E-state index in [2.05, 4.69) is 4.90 Å². The number of piperidine rings is 3. The van der Waals surface area contributed by atoms with Crippen LogP contribution in [0.15, 0.2) is 0 Å². The third kappa shape index (κ3) is 1.76. The molecule has 3 saturated heterocycles. The summed E-state index contributed by atoms with van der Waals surface area (Å²) in [5.41, 5.74) is 7.16. The van der Waals surface area contributed by atoms with Gasteiger partial charge in [-0.3, -0.25) is 0 Å². The Labute approximate surface area is 123 Å². The second-order valence-electron chi connectivity index (χ2n) is 9.08. The van der Waals surface area contributed by atoms with Crippen LogP contribution in [0.1, 0.15) is 51.4 Å². The lowest BCUT2D eigenvalue weighted by Crippen LogP contribution is -2.65. The summed E-state index contributed by atoms with van der Waals surface area (Å²) < 4.78 is 0. The van der Waals surface area contributed by atoms with Gasteiger partial charge in [0.05, 0.1) is 0 Å². The molecular formula is C18H30N2. The number of rotatable bonds is 2. The maximum atomic E-state index is 6.98. The van der Waals surface area contributed by atoms with Gasteiger partial charge in [0.25, 0.3) is 0 Å². The minimum atomic E-state index is 0.177. The standard InChI is InChI=1S/C18H30N2/c19-18(11-20-3-1-16(18)2-4-20)10-17-14-6-12-5-13(8-14)9-15(17)7-12/h12-17H,1-11,19H2. The molecule has 6 bridgehead atoms. The Morgan fingerprint density at radius 3 is 2.00 bits per heavy atom. The summed E-state index contributed by atoms with van der Waals surface area (Å²) >= 11 is 0. The fourth-order valence-electron chi connectivity index (χ4n) is 7.25. The van der Waals surface area contributed by atoms with Crippen LogP contribution < -0.4 is 5.73 Å². The van der Waals surface area contributed by atoms with Crippen molar-refractivity contribution in [3.05, 3.63) is 0 Å². The normalized spacial score (nSPS) is 60.1. The first-order chi connectivity index (χ1) is 9.69. The molecular weight excluding hydrogens is 244 g/mol. The van der Waals surface area contributed by atoms with Gasteiger partial charge in [0, 0.05) is 12.1 Å². The summed E-state index contributed by atoms with van der Waals surface area (Å²) in [6.07, 6.45) is 11.9. The maximum Gasteiger partial charge on any atom is 0.0315 e. The first-order valence-corrected chi connectivity index (χ1v) is 9.21. The molecule has 2 N–H and O–H groups in total. The predicted molar refractivity (Wildman–Crippen MR) is 81.2 cm³/mol. The van der Waals surface area contributed by atoms with Crippen molar-refractivity contribution in [2.24, 2.45) is 41.2 Å². The summed E-state index contributed by atoms with van der Waals surface area (Å²) in [6.45, 7) is 3.86. The zero-order valence-corrected chi connectivity index (χ0v) is 12.8. The predicted octanol–water partition coefficient (Wildman–Crippen LogP) is 2.87. The molecule has 3 heterocycles. The summed E-state index contributed by atoms with van der Waals surface area (Å²) in [4.78, 5) is 2.65. The van der Waals surface area contributed by atoms with E-state index < -0.39 is 0 Å². The second-order valence-corrected chi connectivity index (χ2v) is 9.08. The van der Waals surface area contributed by atoms with Crippen LogP contribution in [0.5, 0.6) is 0 Å². The van der Waals surface area contributed by atoms with Crippen LogP contribution in [-0.2, 0) is 0 Å². The summed E-state index contributed by atoms with van der Waals surface area (Å²) in [5.74, 6) is 6.16. The van der Waals surface area contributed by atoms with Gasteiger partial charge in [-0.25, -0.2) is 0 Å². The molecule has 0 aromatic rings. The third-order valence-electron chi connectivity index (χ3n) is 7.96. The van der Waals surface area contributed by atoms with Crippen molar-refractivity contribution >= 4 is 0 Å². The van der Waals surface area contributed by atoms with Gasteiger partial charge in [-0.05, 0) is 100.0 Å². The summed E-state index contributed by atoms with van der Waals surface area (Å²) in [5, 5.41) is 0. The van der Waals surface area contributed by atoms with Gasteiger partial charge in [-0.15, -0.1) is 0 Å². The molecule has 4 saturated carbocycles. The number of nitrogens with zero attached hydrogens (tertiary/aromatic N) is 1. The Balaban J connectivity index is 1.36. The van der Waals surface area contributed by atoms with Gasteiger partial charge in [0.15, 0.2) is 0 Å². The SMILES string of the molecule is NC1(CC2C3CC4CC(C3)CC2C4)CN2CCC1CC2. The zero-order valence-electron chi connectivity index (χ0n) is 12.8. The zero-order chi connectivity index (χ0) is 13.3. The first kappa shape index (κ1) is 12.5. The third-order valence-corrected chi connectivity index (χ3v) is 7.96. The monoisotopic (exact) mass is 274 g/mol. The molecule has 7 fully saturated rings. The minimum absolute atomic E-state index is 0.177. The van der Waals surface area contributed by atoms with Crippen molar-refractivity contribution in [3.8, 4) is 0 Å². The van der Waals surface area contributed by atoms with E-state index in [0.717, 1.165) is 35.5 Å². The molecule has 7 rings (SSSR count). The average molecular weight is 274 g/mol. The topological polar surface area (TPSA) is 29.3 Å². The Hall–Kier alpha value is -0.0800. The molecule has 3 aliphatic heterocycles. The molecule has 0 amide bonds. The molecule has 2 heteroatoms. The van der Waals surface area contributed by atoms with Crippen molar-refractivity contribution in [2.75, 3.05) is 19.6 Å². The van der Waals surface area contributed by atoms with E-state index >= 15 is 0 Å². The van der Waals surface area contributed by atoms with Gasteiger partial charge in [-0.1, -0.05) is 0 Å². The van der Waals surface area contributed by atoms with E-state index in [1.807, 2.05) is 0 Å². The molecule has 0 aromatic heterocycles. The molecule has 1 unspecified atom stereocenters. The number of fused-ring (bicyclic) bond motifs is 3. The maximum absolute atomic E-state index is 6.98. The van der Waals surface area contributed by atoms with Gasteiger partial charge in [0.1, 0.15) is 0 Å². The van der Waals surface area contributed by atoms with E-state index in [4.69, 9.17) is 5.73 Å². The number of hydrogen-bond acceptors (Lipinski definition) is 2. The molecule has 0 radical (unpaired) electrons. The highest BCUT2D eigenvalue weighted by Crippen LogP contribution is 2.58. The van der Waals surface area contributed by atoms with E-state index in [9.17, 15) is 0 Å². The van der Waals surface area contributed by atoms with Crippen molar-refractivity contribution in [1.29, 1.82) is 0 Å². The van der Waals surface area contributed by atoms with Crippen LogP contribution in [0, 0.1) is 35.5 Å². The first-order valence-electron chi connectivity index (χ1n) is 9.21. The van der Waals surface area contributed by atoms with Crippen molar-refractivity contribution in [2.45, 2.75) is 56.9 Å². The Morgan fingerprint density at radius 2 is 1.50 bits per heavy atom. The minimum Gasteiger partial charge on any atom is -0.324 e. The lowest BCUT2D eigenvalue weighted by molar-refractivity contribution is -0.0683.